The summed E-state index contributed by atoms with van der Waals surface area (Å²) in [5, 5.41) is 2.72. The summed E-state index contributed by atoms with van der Waals surface area (Å²) in [6, 6.07) is 9.09. The summed E-state index contributed by atoms with van der Waals surface area (Å²) in [6.07, 6.45) is 1.85. The first kappa shape index (κ1) is 19.9. The van der Waals surface area contributed by atoms with Gasteiger partial charge in [-0.05, 0) is 12.0 Å². The molecule has 120 valence electrons. The summed E-state index contributed by atoms with van der Waals surface area (Å²) in [5.41, 5.74) is 6.85. The van der Waals surface area contributed by atoms with Crippen molar-refractivity contribution in [1.82, 2.24) is 10.0 Å². The molecule has 1 aromatic carbocycles. The lowest BCUT2D eigenvalue weighted by atomic mass is 10.0. The number of nitrogens with two attached hydrogens (primary N) is 1. The van der Waals surface area contributed by atoms with Crippen molar-refractivity contribution in [3.8, 4) is 0 Å². The molecular weight excluding hydrogens is 314 g/mol. The number of carbonyl (C=O) groups is 1. The van der Waals surface area contributed by atoms with E-state index in [2.05, 4.69) is 10.0 Å². The van der Waals surface area contributed by atoms with E-state index in [1.54, 1.807) is 0 Å². The summed E-state index contributed by atoms with van der Waals surface area (Å²) < 4.78 is 24.0. The molecule has 0 aliphatic heterocycles. The minimum atomic E-state index is -3.16. The molecule has 1 aromatic rings. The number of halogens is 1. The third-order valence-corrected chi connectivity index (χ3v) is 3.40. The van der Waals surface area contributed by atoms with Crippen LogP contribution >= 0.6 is 12.4 Å². The van der Waals surface area contributed by atoms with Crippen LogP contribution in [-0.4, -0.2) is 33.7 Å². The third kappa shape index (κ3) is 9.41. The quantitative estimate of drug-likeness (QED) is 0.604. The van der Waals surface area contributed by atoms with E-state index >= 15 is 0 Å². The van der Waals surface area contributed by atoms with Crippen molar-refractivity contribution in [3.05, 3.63) is 35.9 Å². The molecule has 6 nitrogen and oxygen atoms in total. The number of benzene rings is 1. The van der Waals surface area contributed by atoms with Crippen LogP contribution in [0.4, 0.5) is 0 Å². The predicted molar refractivity (Wildman–Crippen MR) is 85.7 cm³/mol. The molecule has 21 heavy (non-hydrogen) atoms. The van der Waals surface area contributed by atoms with Crippen molar-refractivity contribution >= 4 is 28.3 Å². The standard InChI is InChI=1S/C13H21N3O3S.ClH/c1-20(18,19)16-9-5-8-15-13(17)10-12(14)11-6-3-2-4-7-11;/h2-4,6-7,12,16H,5,8-10,14H2,1H3,(H,15,17);1H. The summed E-state index contributed by atoms with van der Waals surface area (Å²) in [6.45, 7) is 0.729. The van der Waals surface area contributed by atoms with Gasteiger partial charge in [-0.1, -0.05) is 30.3 Å². The highest BCUT2D eigenvalue weighted by Crippen LogP contribution is 2.12. The highest BCUT2D eigenvalue weighted by Gasteiger charge is 2.10. The molecule has 0 heterocycles. The van der Waals surface area contributed by atoms with Gasteiger partial charge in [-0.15, -0.1) is 12.4 Å². The molecule has 0 saturated heterocycles. The topological polar surface area (TPSA) is 101 Å². The smallest absolute Gasteiger partial charge is 0.221 e. The zero-order valence-corrected chi connectivity index (χ0v) is 13.5. The van der Waals surface area contributed by atoms with Gasteiger partial charge in [0, 0.05) is 25.6 Å². The molecule has 1 rings (SSSR count). The number of amides is 1. The van der Waals surface area contributed by atoms with Crippen LogP contribution < -0.4 is 15.8 Å². The van der Waals surface area contributed by atoms with Crippen LogP contribution in [0.1, 0.15) is 24.4 Å². The second-order valence-electron chi connectivity index (χ2n) is 4.59. The van der Waals surface area contributed by atoms with Crippen molar-refractivity contribution in [2.24, 2.45) is 5.73 Å². The van der Waals surface area contributed by atoms with Crippen LogP contribution in [0.3, 0.4) is 0 Å². The highest BCUT2D eigenvalue weighted by atomic mass is 35.5. The molecule has 4 N–H and O–H groups in total. The number of rotatable bonds is 8. The normalized spacial score (nSPS) is 12.3. The molecule has 0 aliphatic carbocycles. The van der Waals surface area contributed by atoms with Crippen molar-refractivity contribution in [3.63, 3.8) is 0 Å². The lowest BCUT2D eigenvalue weighted by Crippen LogP contribution is -2.31. The van der Waals surface area contributed by atoms with Gasteiger partial charge in [0.05, 0.1) is 6.26 Å². The van der Waals surface area contributed by atoms with Gasteiger partial charge in [0.25, 0.3) is 0 Å². The molecule has 0 fully saturated rings. The third-order valence-electron chi connectivity index (χ3n) is 2.67. The largest absolute Gasteiger partial charge is 0.356 e. The predicted octanol–water partition coefficient (Wildman–Crippen LogP) is 0.554. The molecule has 0 bridgehead atoms. The Balaban J connectivity index is 0.00000400. The lowest BCUT2D eigenvalue weighted by Gasteiger charge is -2.12. The highest BCUT2D eigenvalue weighted by molar-refractivity contribution is 7.88. The maximum absolute atomic E-state index is 11.7. The van der Waals surface area contributed by atoms with E-state index in [-0.39, 0.29) is 30.8 Å². The summed E-state index contributed by atoms with van der Waals surface area (Å²) in [4.78, 5) is 11.7. The van der Waals surface area contributed by atoms with E-state index in [4.69, 9.17) is 5.73 Å². The molecule has 1 atom stereocenters. The Hall–Kier alpha value is -1.15. The Kier molecular flexibility index (Phi) is 9.19. The lowest BCUT2D eigenvalue weighted by molar-refractivity contribution is -0.121. The first-order valence-corrected chi connectivity index (χ1v) is 8.29. The molecule has 0 spiro atoms. The molecular formula is C13H22ClN3O3S. The van der Waals surface area contributed by atoms with Crippen LogP contribution in [-0.2, 0) is 14.8 Å². The molecule has 0 aromatic heterocycles. The van der Waals surface area contributed by atoms with Crippen LogP contribution in [0.25, 0.3) is 0 Å². The zero-order valence-electron chi connectivity index (χ0n) is 11.9. The minimum absolute atomic E-state index is 0. The number of hydrogen-bond donors (Lipinski definition) is 3. The van der Waals surface area contributed by atoms with E-state index < -0.39 is 10.0 Å². The van der Waals surface area contributed by atoms with E-state index in [0.29, 0.717) is 19.5 Å². The van der Waals surface area contributed by atoms with E-state index in [0.717, 1.165) is 11.8 Å². The second kappa shape index (κ2) is 9.73. The molecule has 0 aliphatic rings. The fraction of sp³-hybridized carbons (Fsp3) is 0.462. The van der Waals surface area contributed by atoms with Crippen molar-refractivity contribution in [2.75, 3.05) is 19.3 Å². The summed E-state index contributed by atoms with van der Waals surface area (Å²) in [7, 11) is -3.16. The Morgan fingerprint density at radius 1 is 1.24 bits per heavy atom. The van der Waals surface area contributed by atoms with Gasteiger partial charge in [-0.2, -0.15) is 0 Å². The van der Waals surface area contributed by atoms with Crippen molar-refractivity contribution in [2.45, 2.75) is 18.9 Å². The first-order valence-electron chi connectivity index (χ1n) is 6.40. The van der Waals surface area contributed by atoms with E-state index in [1.165, 1.54) is 0 Å². The van der Waals surface area contributed by atoms with E-state index in [9.17, 15) is 13.2 Å². The minimum Gasteiger partial charge on any atom is -0.356 e. The Morgan fingerprint density at radius 2 is 1.86 bits per heavy atom. The van der Waals surface area contributed by atoms with Gasteiger partial charge in [-0.3, -0.25) is 4.79 Å². The maximum atomic E-state index is 11.7. The number of sulfonamides is 1. The van der Waals surface area contributed by atoms with Crippen LogP contribution in [0, 0.1) is 0 Å². The van der Waals surface area contributed by atoms with Gasteiger partial charge in [0.1, 0.15) is 0 Å². The number of hydrogen-bond acceptors (Lipinski definition) is 4. The van der Waals surface area contributed by atoms with E-state index in [1.807, 2.05) is 30.3 Å². The number of nitrogens with one attached hydrogen (secondary N) is 2. The Bertz CT molecular complexity index is 523. The average Bonchev–Trinajstić information content (AvgIpc) is 2.38. The average molecular weight is 336 g/mol. The second-order valence-corrected chi connectivity index (χ2v) is 6.42. The Morgan fingerprint density at radius 3 is 2.43 bits per heavy atom. The molecule has 1 amide bonds. The monoisotopic (exact) mass is 335 g/mol. The van der Waals surface area contributed by atoms with Gasteiger partial charge in [-0.25, -0.2) is 13.1 Å². The molecule has 8 heteroatoms. The Labute approximate surface area is 132 Å². The molecule has 0 radical (unpaired) electrons. The van der Waals surface area contributed by atoms with Crippen LogP contribution in [0.15, 0.2) is 30.3 Å². The van der Waals surface area contributed by atoms with Crippen molar-refractivity contribution in [1.29, 1.82) is 0 Å². The number of carbonyl (C=O) groups excluding carboxylic acids is 1. The fourth-order valence-corrected chi connectivity index (χ4v) is 2.18. The summed E-state index contributed by atoms with van der Waals surface area (Å²) >= 11 is 0. The molecule has 1 unspecified atom stereocenters. The van der Waals surface area contributed by atoms with Crippen LogP contribution in [0.2, 0.25) is 0 Å². The fourth-order valence-electron chi connectivity index (χ4n) is 1.66. The van der Waals surface area contributed by atoms with Crippen molar-refractivity contribution < 1.29 is 13.2 Å². The first-order chi connectivity index (χ1) is 9.38. The van der Waals surface area contributed by atoms with Crippen LogP contribution in [0.5, 0.6) is 0 Å². The van der Waals surface area contributed by atoms with Gasteiger partial charge in [0.15, 0.2) is 0 Å². The zero-order chi connectivity index (χ0) is 15.0. The molecule has 0 saturated carbocycles. The van der Waals surface area contributed by atoms with Gasteiger partial charge >= 0.3 is 0 Å². The van der Waals surface area contributed by atoms with Gasteiger partial charge in [0.2, 0.25) is 15.9 Å². The SMILES string of the molecule is CS(=O)(=O)NCCCNC(=O)CC(N)c1ccccc1.Cl. The van der Waals surface area contributed by atoms with Gasteiger partial charge < -0.3 is 11.1 Å². The maximum Gasteiger partial charge on any atom is 0.221 e. The summed E-state index contributed by atoms with van der Waals surface area (Å²) in [5.74, 6) is -0.138.